The minimum Gasteiger partial charge on any atom is -0.508 e. The molecule has 0 saturated carbocycles. The van der Waals surface area contributed by atoms with Gasteiger partial charge in [0.2, 0.25) is 0 Å². The molecule has 0 aromatic heterocycles. The van der Waals surface area contributed by atoms with Crippen molar-refractivity contribution in [3.63, 3.8) is 0 Å². The second-order valence-corrected chi connectivity index (χ2v) is 9.55. The second kappa shape index (κ2) is 10.8. The van der Waals surface area contributed by atoms with Crippen LogP contribution in [0.25, 0.3) is 0 Å². The van der Waals surface area contributed by atoms with Crippen LogP contribution in [0.2, 0.25) is 0 Å². The van der Waals surface area contributed by atoms with E-state index in [2.05, 4.69) is 15.4 Å². The Morgan fingerprint density at radius 1 is 0.853 bits per heavy atom. The molecule has 0 bridgehead atoms. The lowest BCUT2D eigenvalue weighted by Crippen LogP contribution is -2.30. The predicted octanol–water partition coefficient (Wildman–Crippen LogP) is 3.36. The number of aromatic hydroxyl groups is 1. The Balaban J connectivity index is 1.56. The summed E-state index contributed by atoms with van der Waals surface area (Å²) in [5.74, 6) is -0.713. The van der Waals surface area contributed by atoms with Gasteiger partial charge in [-0.25, -0.2) is 8.42 Å². The van der Waals surface area contributed by atoms with Crippen LogP contribution in [0.1, 0.15) is 38.3 Å². The van der Waals surface area contributed by atoms with Crippen molar-refractivity contribution < 1.29 is 23.1 Å². The number of carbonyl (C=O) groups excluding carboxylic acids is 2. The highest BCUT2D eigenvalue weighted by Crippen LogP contribution is 2.20. The van der Waals surface area contributed by atoms with E-state index in [1.807, 2.05) is 6.92 Å². The Morgan fingerprint density at radius 2 is 1.53 bits per heavy atom. The van der Waals surface area contributed by atoms with Crippen LogP contribution in [-0.4, -0.2) is 38.4 Å². The molecule has 0 fully saturated rings. The Bertz CT molecular complexity index is 1290. The molecule has 0 atom stereocenters. The number of rotatable bonds is 9. The summed E-state index contributed by atoms with van der Waals surface area (Å²) in [4.78, 5) is 24.7. The fourth-order valence-electron chi connectivity index (χ4n) is 3.19. The molecule has 3 aromatic rings. The highest BCUT2D eigenvalue weighted by molar-refractivity contribution is 7.92. The van der Waals surface area contributed by atoms with E-state index in [0.717, 1.165) is 5.56 Å². The lowest BCUT2D eigenvalue weighted by atomic mass is 10.1. The van der Waals surface area contributed by atoms with Crippen LogP contribution in [0.5, 0.6) is 5.75 Å². The average Bonchev–Trinajstić information content (AvgIpc) is 2.80. The zero-order valence-electron chi connectivity index (χ0n) is 19.0. The largest absolute Gasteiger partial charge is 0.508 e. The summed E-state index contributed by atoms with van der Waals surface area (Å²) >= 11 is 0. The topological polar surface area (TPSA) is 125 Å². The van der Waals surface area contributed by atoms with Crippen LogP contribution in [-0.2, 0) is 10.0 Å². The number of aryl methyl sites for hydroxylation is 2. The molecule has 178 valence electrons. The molecule has 0 spiro atoms. The van der Waals surface area contributed by atoms with Crippen molar-refractivity contribution in [3.05, 3.63) is 89.0 Å². The van der Waals surface area contributed by atoms with Crippen LogP contribution in [0, 0.1) is 13.8 Å². The first-order valence-corrected chi connectivity index (χ1v) is 12.2. The SMILES string of the molecule is Cc1ccc(NS(=O)(=O)c2ccc(C)c(C(=O)NCCCNC(=O)c3cccc(O)c3)c2)cc1. The molecule has 0 unspecified atom stereocenters. The average molecular weight is 482 g/mol. The fraction of sp³-hybridized carbons (Fsp3) is 0.200. The summed E-state index contributed by atoms with van der Waals surface area (Å²) in [6.45, 7) is 4.25. The number of phenols is 1. The third-order valence-electron chi connectivity index (χ3n) is 5.10. The van der Waals surface area contributed by atoms with Gasteiger partial charge < -0.3 is 15.7 Å². The number of hydrogen-bond acceptors (Lipinski definition) is 5. The van der Waals surface area contributed by atoms with E-state index in [0.29, 0.717) is 29.8 Å². The maximum atomic E-state index is 12.8. The van der Waals surface area contributed by atoms with Crippen molar-refractivity contribution in [1.29, 1.82) is 0 Å². The Kier molecular flexibility index (Phi) is 7.91. The monoisotopic (exact) mass is 481 g/mol. The van der Waals surface area contributed by atoms with E-state index >= 15 is 0 Å². The fourth-order valence-corrected chi connectivity index (χ4v) is 4.27. The molecule has 2 amide bonds. The van der Waals surface area contributed by atoms with E-state index < -0.39 is 15.9 Å². The molecule has 8 nitrogen and oxygen atoms in total. The minimum absolute atomic E-state index is 0.00796. The van der Waals surface area contributed by atoms with Crippen LogP contribution < -0.4 is 15.4 Å². The van der Waals surface area contributed by atoms with E-state index in [9.17, 15) is 23.1 Å². The van der Waals surface area contributed by atoms with Gasteiger partial charge in [-0.3, -0.25) is 14.3 Å². The third kappa shape index (κ3) is 6.58. The normalized spacial score (nSPS) is 11.0. The lowest BCUT2D eigenvalue weighted by molar-refractivity contribution is 0.0951. The highest BCUT2D eigenvalue weighted by Gasteiger charge is 2.18. The highest BCUT2D eigenvalue weighted by atomic mass is 32.2. The summed E-state index contributed by atoms with van der Waals surface area (Å²) in [6, 6.07) is 17.4. The van der Waals surface area contributed by atoms with Gasteiger partial charge in [0, 0.05) is 29.9 Å². The first-order chi connectivity index (χ1) is 16.2. The molecular formula is C25H27N3O5S. The number of hydrogen-bond donors (Lipinski definition) is 4. The molecular weight excluding hydrogens is 454 g/mol. The molecule has 9 heteroatoms. The van der Waals surface area contributed by atoms with Crippen molar-refractivity contribution in [2.24, 2.45) is 0 Å². The van der Waals surface area contributed by atoms with Crippen molar-refractivity contribution in [1.82, 2.24) is 10.6 Å². The molecule has 0 radical (unpaired) electrons. The summed E-state index contributed by atoms with van der Waals surface area (Å²) in [5, 5.41) is 14.9. The van der Waals surface area contributed by atoms with Crippen LogP contribution >= 0.6 is 0 Å². The number of phenolic OH excluding ortho intramolecular Hbond substituents is 1. The Morgan fingerprint density at radius 3 is 2.21 bits per heavy atom. The first kappa shape index (κ1) is 24.8. The molecule has 0 aliphatic rings. The van der Waals surface area contributed by atoms with E-state index in [4.69, 9.17) is 0 Å². The molecule has 0 aliphatic carbocycles. The summed E-state index contributed by atoms with van der Waals surface area (Å²) in [7, 11) is -3.86. The molecule has 4 N–H and O–H groups in total. The smallest absolute Gasteiger partial charge is 0.261 e. The van der Waals surface area contributed by atoms with Crippen LogP contribution in [0.15, 0.2) is 71.6 Å². The number of anilines is 1. The van der Waals surface area contributed by atoms with Crippen molar-refractivity contribution >= 4 is 27.5 Å². The van der Waals surface area contributed by atoms with E-state index in [1.54, 1.807) is 49.4 Å². The number of nitrogens with one attached hydrogen (secondary N) is 3. The summed E-state index contributed by atoms with van der Waals surface area (Å²) < 4.78 is 28.1. The minimum atomic E-state index is -3.86. The molecule has 3 rings (SSSR count). The van der Waals surface area contributed by atoms with Crippen molar-refractivity contribution in [2.75, 3.05) is 17.8 Å². The zero-order valence-corrected chi connectivity index (χ0v) is 19.8. The van der Waals surface area contributed by atoms with Crippen molar-refractivity contribution in [2.45, 2.75) is 25.2 Å². The number of carbonyl (C=O) groups is 2. The quantitative estimate of drug-likeness (QED) is 0.349. The summed E-state index contributed by atoms with van der Waals surface area (Å²) in [6.07, 6.45) is 0.475. The number of benzene rings is 3. The predicted molar refractivity (Wildman–Crippen MR) is 131 cm³/mol. The second-order valence-electron chi connectivity index (χ2n) is 7.86. The van der Waals surface area contributed by atoms with E-state index in [-0.39, 0.29) is 28.7 Å². The van der Waals surface area contributed by atoms with Gasteiger partial charge in [-0.2, -0.15) is 0 Å². The van der Waals surface area contributed by atoms with Crippen LogP contribution in [0.4, 0.5) is 5.69 Å². The summed E-state index contributed by atoms with van der Waals surface area (Å²) in [5.41, 5.74) is 2.69. The van der Waals surface area contributed by atoms with E-state index in [1.165, 1.54) is 24.3 Å². The standard InChI is InChI=1S/C25H27N3O5S/c1-17-7-10-20(11-8-17)28-34(32,33)22-12-9-18(2)23(16-22)25(31)27-14-4-13-26-24(30)19-5-3-6-21(29)15-19/h3,5-12,15-16,28-29H,4,13-14H2,1-2H3,(H,26,30)(H,27,31). The molecule has 34 heavy (non-hydrogen) atoms. The lowest BCUT2D eigenvalue weighted by Gasteiger charge is -2.12. The molecule has 3 aromatic carbocycles. The van der Waals surface area contributed by atoms with Gasteiger partial charge in [0.05, 0.1) is 4.90 Å². The maximum absolute atomic E-state index is 12.8. The zero-order chi connectivity index (χ0) is 24.7. The third-order valence-corrected chi connectivity index (χ3v) is 6.48. The molecule has 0 heterocycles. The Labute approximate surface area is 199 Å². The first-order valence-electron chi connectivity index (χ1n) is 10.7. The van der Waals surface area contributed by atoms with Gasteiger partial charge in [0.25, 0.3) is 21.8 Å². The van der Waals surface area contributed by atoms with Gasteiger partial charge in [-0.15, -0.1) is 0 Å². The van der Waals surface area contributed by atoms with Gasteiger partial charge in [-0.05, 0) is 68.3 Å². The number of amides is 2. The maximum Gasteiger partial charge on any atom is 0.261 e. The van der Waals surface area contributed by atoms with Gasteiger partial charge in [0.1, 0.15) is 5.75 Å². The number of sulfonamides is 1. The van der Waals surface area contributed by atoms with Gasteiger partial charge in [-0.1, -0.05) is 29.8 Å². The molecule has 0 saturated heterocycles. The van der Waals surface area contributed by atoms with Gasteiger partial charge >= 0.3 is 0 Å². The van der Waals surface area contributed by atoms with Crippen molar-refractivity contribution in [3.8, 4) is 5.75 Å². The van der Waals surface area contributed by atoms with Gasteiger partial charge in [0.15, 0.2) is 0 Å². The Hall–Kier alpha value is -3.85. The van der Waals surface area contributed by atoms with Crippen LogP contribution in [0.3, 0.4) is 0 Å². The molecule has 0 aliphatic heterocycles.